The monoisotopic (exact) mass is 314 g/mol. The molecule has 0 aliphatic heterocycles. The highest BCUT2D eigenvalue weighted by Crippen LogP contribution is 2.25. The van der Waals surface area contributed by atoms with Crippen molar-refractivity contribution < 1.29 is 8.42 Å². The van der Waals surface area contributed by atoms with Crippen molar-refractivity contribution in [2.75, 3.05) is 6.54 Å². The summed E-state index contributed by atoms with van der Waals surface area (Å²) in [5, 5.41) is 0. The first-order chi connectivity index (χ1) is 6.42. The summed E-state index contributed by atoms with van der Waals surface area (Å²) < 4.78 is 26.3. The summed E-state index contributed by atoms with van der Waals surface area (Å²) in [5.74, 6) is 0. The first-order valence-electron chi connectivity index (χ1n) is 3.45. The van der Waals surface area contributed by atoms with E-state index in [-0.39, 0.29) is 15.7 Å². The largest absolute Gasteiger partial charge is 0.392 e. The van der Waals surface area contributed by atoms with Gasteiger partial charge in [-0.05, 0) is 28.1 Å². The van der Waals surface area contributed by atoms with Gasteiger partial charge >= 0.3 is 0 Å². The third-order valence-corrected chi connectivity index (χ3v) is 4.91. The first-order valence-corrected chi connectivity index (χ1v) is 6.95. The van der Waals surface area contributed by atoms with Crippen LogP contribution in [-0.2, 0) is 10.0 Å². The van der Waals surface area contributed by atoms with Crippen LogP contribution < -0.4 is 10.5 Å². The predicted molar refractivity (Wildman–Crippen MR) is 64.0 cm³/mol. The maximum Gasteiger partial charge on any atom is 0.250 e. The van der Waals surface area contributed by atoms with E-state index in [1.54, 1.807) is 6.07 Å². The minimum atomic E-state index is -3.46. The van der Waals surface area contributed by atoms with E-state index in [1.807, 2.05) is 0 Å². The zero-order chi connectivity index (χ0) is 10.8. The van der Waals surface area contributed by atoms with Gasteiger partial charge in [0.05, 0.1) is 15.3 Å². The molecule has 0 aliphatic rings. The van der Waals surface area contributed by atoms with Crippen molar-refractivity contribution in [2.45, 2.75) is 4.21 Å². The smallest absolute Gasteiger partial charge is 0.250 e. The van der Waals surface area contributed by atoms with Gasteiger partial charge in [-0.25, -0.2) is 13.1 Å². The van der Waals surface area contributed by atoms with E-state index < -0.39 is 10.0 Å². The normalized spacial score (nSPS) is 11.5. The quantitative estimate of drug-likeness (QED) is 0.816. The summed E-state index contributed by atoms with van der Waals surface area (Å²) in [6, 6.07) is 3.18. The third-order valence-electron chi connectivity index (χ3n) is 1.25. The molecule has 14 heavy (non-hydrogen) atoms. The number of sulfonamides is 1. The zero-order valence-corrected chi connectivity index (χ0v) is 10.9. The van der Waals surface area contributed by atoms with Crippen LogP contribution in [-0.4, -0.2) is 20.0 Å². The topological polar surface area (TPSA) is 72.2 Å². The fourth-order valence-corrected chi connectivity index (χ4v) is 3.90. The van der Waals surface area contributed by atoms with Crippen molar-refractivity contribution in [3.63, 3.8) is 0 Å². The van der Waals surface area contributed by atoms with Crippen LogP contribution in [0.4, 0.5) is 0 Å². The molecule has 0 bridgehead atoms. The van der Waals surface area contributed by atoms with Gasteiger partial charge in [-0.3, -0.25) is 0 Å². The highest BCUT2D eigenvalue weighted by atomic mass is 79.9. The average Bonchev–Trinajstić information content (AvgIpc) is 2.49. The van der Waals surface area contributed by atoms with E-state index in [9.17, 15) is 8.42 Å². The summed E-state index contributed by atoms with van der Waals surface area (Å²) in [4.78, 5) is 0.115. The van der Waals surface area contributed by atoms with Crippen LogP contribution in [0.5, 0.6) is 0 Å². The number of halogens is 1. The number of rotatable bonds is 4. The highest BCUT2D eigenvalue weighted by Gasteiger charge is 2.15. The Bertz CT molecular complexity index is 440. The zero-order valence-electron chi connectivity index (χ0n) is 6.86. The first kappa shape index (κ1) is 12.1. The molecule has 0 fully saturated rings. The van der Waals surface area contributed by atoms with Gasteiger partial charge in [0.2, 0.25) is 10.0 Å². The number of nitrogens with two attached hydrogens (primary N) is 1. The second kappa shape index (κ2) is 4.67. The van der Waals surface area contributed by atoms with Gasteiger partial charge in [0.25, 0.3) is 0 Å². The molecule has 0 aromatic carbocycles. The van der Waals surface area contributed by atoms with Gasteiger partial charge < -0.3 is 5.73 Å². The molecule has 1 aromatic rings. The van der Waals surface area contributed by atoms with Gasteiger partial charge in [-0.15, -0.1) is 11.3 Å². The standard InChI is InChI=1S/C6H7BrN2O2S3/c7-4-1-2-6(13-4)14(10,11)9-3-5(8)12/h1-2,9H,3H2,(H2,8,12). The molecule has 1 aromatic heterocycles. The maximum absolute atomic E-state index is 11.5. The second-order valence-electron chi connectivity index (χ2n) is 2.35. The van der Waals surface area contributed by atoms with Crippen molar-refractivity contribution in [3.05, 3.63) is 15.9 Å². The Balaban J connectivity index is 2.81. The molecule has 1 heterocycles. The highest BCUT2D eigenvalue weighted by molar-refractivity contribution is 9.11. The molecular formula is C6H7BrN2O2S3. The molecule has 0 amide bonds. The van der Waals surface area contributed by atoms with E-state index in [1.165, 1.54) is 6.07 Å². The lowest BCUT2D eigenvalue weighted by molar-refractivity contribution is 0.588. The van der Waals surface area contributed by atoms with Crippen LogP contribution in [0, 0.1) is 0 Å². The Morgan fingerprint density at radius 1 is 1.64 bits per heavy atom. The van der Waals surface area contributed by atoms with Gasteiger partial charge in [-0.2, -0.15) is 0 Å². The molecule has 0 spiro atoms. The molecule has 0 unspecified atom stereocenters. The van der Waals surface area contributed by atoms with Crippen molar-refractivity contribution in [2.24, 2.45) is 5.73 Å². The molecule has 78 valence electrons. The van der Waals surface area contributed by atoms with E-state index >= 15 is 0 Å². The number of hydrogen-bond donors (Lipinski definition) is 2. The van der Waals surface area contributed by atoms with E-state index in [0.29, 0.717) is 0 Å². The second-order valence-corrected chi connectivity index (χ2v) is 7.33. The molecule has 0 atom stereocenters. The van der Waals surface area contributed by atoms with Crippen LogP contribution in [0.2, 0.25) is 0 Å². The van der Waals surface area contributed by atoms with Crippen molar-refractivity contribution in [3.8, 4) is 0 Å². The fourth-order valence-electron chi connectivity index (χ4n) is 0.679. The molecule has 0 saturated heterocycles. The number of hydrogen-bond acceptors (Lipinski definition) is 4. The van der Waals surface area contributed by atoms with E-state index in [2.05, 4.69) is 32.9 Å². The minimum absolute atomic E-state index is 0.0206. The molecule has 8 heteroatoms. The summed E-state index contributed by atoms with van der Waals surface area (Å²) in [5.41, 5.74) is 5.18. The molecule has 3 N–H and O–H groups in total. The van der Waals surface area contributed by atoms with E-state index in [4.69, 9.17) is 5.73 Å². The van der Waals surface area contributed by atoms with Gasteiger partial charge in [-0.1, -0.05) is 12.2 Å². The van der Waals surface area contributed by atoms with Crippen LogP contribution in [0.3, 0.4) is 0 Å². The maximum atomic E-state index is 11.5. The van der Waals surface area contributed by atoms with Gasteiger partial charge in [0, 0.05) is 0 Å². The molecule has 1 rings (SSSR count). The van der Waals surface area contributed by atoms with Crippen LogP contribution in [0.1, 0.15) is 0 Å². The lowest BCUT2D eigenvalue weighted by atomic mass is 10.7. The summed E-state index contributed by atoms with van der Waals surface area (Å²) in [6.45, 7) is -0.0206. The Labute approximate surface area is 99.7 Å². The van der Waals surface area contributed by atoms with Crippen LogP contribution in [0.25, 0.3) is 0 Å². The average molecular weight is 315 g/mol. The molecule has 0 radical (unpaired) electrons. The Morgan fingerprint density at radius 3 is 2.71 bits per heavy atom. The Hall–Kier alpha value is -0.0200. The SMILES string of the molecule is NC(=S)CNS(=O)(=O)c1ccc(Br)s1. The molecule has 4 nitrogen and oxygen atoms in total. The molecule has 0 saturated carbocycles. The summed E-state index contributed by atoms with van der Waals surface area (Å²) in [7, 11) is -3.46. The number of thiophene rings is 1. The third kappa shape index (κ3) is 3.28. The Kier molecular flexibility index (Phi) is 4.02. The van der Waals surface area contributed by atoms with Crippen molar-refractivity contribution in [1.82, 2.24) is 4.72 Å². The lowest BCUT2D eigenvalue weighted by Crippen LogP contribution is -2.31. The predicted octanol–water partition coefficient (Wildman–Crippen LogP) is 1.07. The van der Waals surface area contributed by atoms with Crippen LogP contribution in [0.15, 0.2) is 20.1 Å². The van der Waals surface area contributed by atoms with Crippen molar-refractivity contribution >= 4 is 54.5 Å². The van der Waals surface area contributed by atoms with E-state index in [0.717, 1.165) is 15.1 Å². The van der Waals surface area contributed by atoms with Crippen molar-refractivity contribution in [1.29, 1.82) is 0 Å². The lowest BCUT2D eigenvalue weighted by Gasteiger charge is -2.02. The molecule has 0 aliphatic carbocycles. The number of nitrogens with one attached hydrogen (secondary N) is 1. The fraction of sp³-hybridized carbons (Fsp3) is 0.167. The Morgan fingerprint density at radius 2 is 2.29 bits per heavy atom. The summed E-state index contributed by atoms with van der Waals surface area (Å²) in [6.07, 6.45) is 0. The molecular weight excluding hydrogens is 308 g/mol. The minimum Gasteiger partial charge on any atom is -0.392 e. The van der Waals surface area contributed by atoms with Gasteiger partial charge in [0.15, 0.2) is 0 Å². The number of thiocarbonyl (C=S) groups is 1. The van der Waals surface area contributed by atoms with Gasteiger partial charge in [0.1, 0.15) is 4.21 Å². The summed E-state index contributed by atoms with van der Waals surface area (Å²) >= 11 is 8.87. The van der Waals surface area contributed by atoms with Crippen LogP contribution >= 0.6 is 39.5 Å².